The van der Waals surface area contributed by atoms with Crippen molar-refractivity contribution in [3.63, 3.8) is 0 Å². The molecular weight excluding hydrogens is 296 g/mol. The molecule has 3 nitrogen and oxygen atoms in total. The molecule has 0 unspecified atom stereocenters. The summed E-state index contributed by atoms with van der Waals surface area (Å²) in [7, 11) is 0. The Morgan fingerprint density at radius 2 is 1.58 bits per heavy atom. The van der Waals surface area contributed by atoms with E-state index >= 15 is 0 Å². The van der Waals surface area contributed by atoms with Crippen molar-refractivity contribution in [2.24, 2.45) is 21.8 Å². The molecule has 134 valence electrons. The Hall–Kier alpha value is -1.90. The van der Waals surface area contributed by atoms with Gasteiger partial charge in [0.05, 0.1) is 6.61 Å². The zero-order chi connectivity index (χ0) is 18.9. The Kier molecular flexibility index (Phi) is 9.94. The van der Waals surface area contributed by atoms with Crippen LogP contribution in [0, 0.1) is 11.8 Å². The molecule has 1 aliphatic carbocycles. The van der Waals surface area contributed by atoms with Crippen molar-refractivity contribution in [3.8, 4) is 0 Å². The molecule has 1 rings (SSSR count). The molecule has 1 aliphatic rings. The number of aliphatic imine (C=N–C) groups is 2. The summed E-state index contributed by atoms with van der Waals surface area (Å²) in [5, 5.41) is 0. The maximum Gasteiger partial charge on any atom is 0.215 e. The Bertz CT molecular complexity index is 546. The number of allylic oxidation sites excluding steroid dienone is 3. The van der Waals surface area contributed by atoms with Crippen LogP contribution in [0.4, 0.5) is 0 Å². The highest BCUT2D eigenvalue weighted by molar-refractivity contribution is 5.98. The highest BCUT2D eigenvalue weighted by Crippen LogP contribution is 2.36. The number of ether oxygens (including phenoxy) is 1. The third kappa shape index (κ3) is 9.29. The van der Waals surface area contributed by atoms with Crippen LogP contribution in [0.15, 0.2) is 58.8 Å². The van der Waals surface area contributed by atoms with E-state index in [9.17, 15) is 0 Å². The highest BCUT2D eigenvalue weighted by Gasteiger charge is 2.24. The van der Waals surface area contributed by atoms with Gasteiger partial charge in [-0.25, -0.2) is 4.99 Å². The summed E-state index contributed by atoms with van der Waals surface area (Å²) in [6.45, 7) is 27.9. The predicted octanol–water partition coefficient (Wildman–Crippen LogP) is 6.11. The van der Waals surface area contributed by atoms with Crippen LogP contribution in [-0.4, -0.2) is 18.2 Å². The fraction of sp³-hybridized carbons (Fsp3) is 0.524. The van der Waals surface area contributed by atoms with Crippen LogP contribution in [0.3, 0.4) is 0 Å². The quantitative estimate of drug-likeness (QED) is 0.409. The van der Waals surface area contributed by atoms with E-state index in [1.54, 1.807) is 0 Å². The second-order valence-corrected chi connectivity index (χ2v) is 6.51. The van der Waals surface area contributed by atoms with Gasteiger partial charge in [-0.3, -0.25) is 4.99 Å². The fourth-order valence-electron chi connectivity index (χ4n) is 1.77. The van der Waals surface area contributed by atoms with Crippen molar-refractivity contribution in [1.82, 2.24) is 0 Å². The first-order chi connectivity index (χ1) is 11.1. The monoisotopic (exact) mass is 330 g/mol. The maximum atomic E-state index is 5.20. The summed E-state index contributed by atoms with van der Waals surface area (Å²) in [5.41, 5.74) is 4.78. The van der Waals surface area contributed by atoms with Gasteiger partial charge in [0.15, 0.2) is 0 Å². The third-order valence-corrected chi connectivity index (χ3v) is 3.46. The maximum absolute atomic E-state index is 5.20. The molecule has 0 heterocycles. The summed E-state index contributed by atoms with van der Waals surface area (Å²) in [6.07, 6.45) is 2.54. The molecule has 0 N–H and O–H groups in total. The molecule has 0 aliphatic heterocycles. The molecule has 1 fully saturated rings. The van der Waals surface area contributed by atoms with Gasteiger partial charge in [0.1, 0.15) is 0 Å². The third-order valence-electron chi connectivity index (χ3n) is 3.46. The average molecular weight is 331 g/mol. The topological polar surface area (TPSA) is 34.0 Å². The normalized spacial score (nSPS) is 14.6. The van der Waals surface area contributed by atoms with E-state index in [-0.39, 0.29) is 0 Å². The molecule has 0 bridgehead atoms. The summed E-state index contributed by atoms with van der Waals surface area (Å²) in [4.78, 5) is 8.55. The van der Waals surface area contributed by atoms with Crippen LogP contribution in [0.25, 0.3) is 0 Å². The van der Waals surface area contributed by atoms with Crippen molar-refractivity contribution < 1.29 is 4.74 Å². The lowest BCUT2D eigenvalue weighted by Gasteiger charge is -2.09. The zero-order valence-corrected chi connectivity index (χ0v) is 16.4. The first kappa shape index (κ1) is 22.1. The van der Waals surface area contributed by atoms with Crippen LogP contribution in [0.1, 0.15) is 54.4 Å². The van der Waals surface area contributed by atoms with Crippen LogP contribution < -0.4 is 0 Å². The van der Waals surface area contributed by atoms with E-state index in [1.165, 1.54) is 12.8 Å². The van der Waals surface area contributed by atoms with E-state index < -0.39 is 0 Å². The van der Waals surface area contributed by atoms with Gasteiger partial charge in [-0.15, -0.1) is 0 Å². The standard InChI is InChI=1S/C12H19N.C9H15NO/c1-8(2)9(3)10(4)13-11(5)12-6-7-12;1-6-11-9(7(2)3)10-8(4)5/h8,12H,3,5-7H2,1-2,4H3;2,4,6H2,1,3,5H3. The van der Waals surface area contributed by atoms with E-state index in [0.717, 1.165) is 28.3 Å². The van der Waals surface area contributed by atoms with Gasteiger partial charge >= 0.3 is 0 Å². The van der Waals surface area contributed by atoms with Crippen molar-refractivity contribution >= 4 is 11.6 Å². The second kappa shape index (κ2) is 10.8. The number of hydrogen-bond donors (Lipinski definition) is 0. The first-order valence-electron chi connectivity index (χ1n) is 8.56. The molecule has 0 aromatic carbocycles. The molecule has 0 aromatic rings. The first-order valence-corrected chi connectivity index (χ1v) is 8.56. The fourth-order valence-corrected chi connectivity index (χ4v) is 1.77. The molecular formula is C21H34N2O. The van der Waals surface area contributed by atoms with Gasteiger partial charge in [-0.1, -0.05) is 40.2 Å². The van der Waals surface area contributed by atoms with Crippen molar-refractivity contribution in [2.75, 3.05) is 6.61 Å². The summed E-state index contributed by atoms with van der Waals surface area (Å²) < 4.78 is 5.20. The largest absolute Gasteiger partial charge is 0.478 e. The average Bonchev–Trinajstić information content (AvgIpc) is 3.30. The molecule has 0 amide bonds. The lowest BCUT2D eigenvalue weighted by atomic mass is 10.0. The number of hydrogen-bond acceptors (Lipinski definition) is 3. The van der Waals surface area contributed by atoms with Crippen LogP contribution in [0.2, 0.25) is 0 Å². The van der Waals surface area contributed by atoms with Gasteiger partial charge in [0.25, 0.3) is 0 Å². The lowest BCUT2D eigenvalue weighted by Crippen LogP contribution is -2.05. The summed E-state index contributed by atoms with van der Waals surface area (Å²) in [5.74, 6) is 1.73. The lowest BCUT2D eigenvalue weighted by molar-refractivity contribution is 0.327. The predicted molar refractivity (Wildman–Crippen MR) is 108 cm³/mol. The van der Waals surface area contributed by atoms with Gasteiger partial charge in [0.2, 0.25) is 5.90 Å². The van der Waals surface area contributed by atoms with Gasteiger partial charge in [-0.05, 0) is 52.0 Å². The highest BCUT2D eigenvalue weighted by atomic mass is 16.5. The van der Waals surface area contributed by atoms with Gasteiger partial charge < -0.3 is 4.74 Å². The van der Waals surface area contributed by atoms with Crippen molar-refractivity contribution in [2.45, 2.75) is 54.4 Å². The molecule has 0 radical (unpaired) electrons. The molecule has 0 spiro atoms. The summed E-state index contributed by atoms with van der Waals surface area (Å²) >= 11 is 0. The van der Waals surface area contributed by atoms with Crippen molar-refractivity contribution in [1.29, 1.82) is 0 Å². The molecule has 24 heavy (non-hydrogen) atoms. The molecule has 3 heteroatoms. The minimum Gasteiger partial charge on any atom is -0.478 e. The van der Waals surface area contributed by atoms with Crippen LogP contribution >= 0.6 is 0 Å². The van der Waals surface area contributed by atoms with Crippen molar-refractivity contribution in [3.05, 3.63) is 48.9 Å². The Morgan fingerprint density at radius 3 is 1.92 bits per heavy atom. The minimum atomic E-state index is 0.482. The second-order valence-electron chi connectivity index (χ2n) is 6.51. The smallest absolute Gasteiger partial charge is 0.215 e. The van der Waals surface area contributed by atoms with E-state index in [0.29, 0.717) is 24.3 Å². The minimum absolute atomic E-state index is 0.482. The van der Waals surface area contributed by atoms with E-state index in [1.807, 2.05) is 27.7 Å². The number of rotatable bonds is 7. The SMILES string of the molecule is C=C(C(C)=NC(=C)C1CC1)C(C)C.C=C(C)N=C(OCC)C(=C)C. The number of nitrogens with zero attached hydrogens (tertiary/aromatic N) is 2. The van der Waals surface area contributed by atoms with Gasteiger partial charge in [-0.2, -0.15) is 0 Å². The van der Waals surface area contributed by atoms with Gasteiger partial charge in [0, 0.05) is 28.6 Å². The van der Waals surface area contributed by atoms with E-state index in [4.69, 9.17) is 4.74 Å². The van der Waals surface area contributed by atoms with E-state index in [2.05, 4.69) is 50.1 Å². The Balaban J connectivity index is 0.000000449. The Morgan fingerprint density at radius 1 is 1.04 bits per heavy atom. The molecule has 1 saturated carbocycles. The molecule has 0 atom stereocenters. The van der Waals surface area contributed by atoms with Crippen LogP contribution in [0.5, 0.6) is 0 Å². The molecule has 0 aromatic heterocycles. The van der Waals surface area contributed by atoms with Crippen LogP contribution in [-0.2, 0) is 4.74 Å². The zero-order valence-electron chi connectivity index (χ0n) is 16.4. The molecule has 0 saturated heterocycles. The summed E-state index contributed by atoms with van der Waals surface area (Å²) in [6, 6.07) is 0. The Labute approximate surface area is 148 Å².